The predicted octanol–water partition coefficient (Wildman–Crippen LogP) is 3.56. The molecule has 14 heavy (non-hydrogen) atoms. The average molecular weight is 217 g/mol. The number of nitrogens with two attached hydrogens (primary N) is 1. The van der Waals surface area contributed by atoms with Gasteiger partial charge in [0.2, 0.25) is 5.13 Å². The third-order valence-electron chi connectivity index (χ3n) is 1.96. The zero-order valence-electron chi connectivity index (χ0n) is 6.93. The SMILES string of the molecule is Nc1c(F)sc2cc(C(F)F)ccc12. The fourth-order valence-corrected chi connectivity index (χ4v) is 2.13. The van der Waals surface area contributed by atoms with Crippen LogP contribution in [-0.4, -0.2) is 0 Å². The number of benzene rings is 1. The molecule has 0 radical (unpaired) electrons. The van der Waals surface area contributed by atoms with Crippen LogP contribution in [0.4, 0.5) is 18.9 Å². The van der Waals surface area contributed by atoms with Gasteiger partial charge < -0.3 is 5.73 Å². The average Bonchev–Trinajstić information content (AvgIpc) is 2.42. The molecule has 0 fully saturated rings. The van der Waals surface area contributed by atoms with Crippen molar-refractivity contribution in [1.82, 2.24) is 0 Å². The van der Waals surface area contributed by atoms with Gasteiger partial charge in [-0.25, -0.2) is 8.78 Å². The van der Waals surface area contributed by atoms with Crippen LogP contribution in [-0.2, 0) is 0 Å². The number of alkyl halides is 2. The number of hydrogen-bond donors (Lipinski definition) is 1. The molecule has 1 heterocycles. The van der Waals surface area contributed by atoms with E-state index in [9.17, 15) is 13.2 Å². The summed E-state index contributed by atoms with van der Waals surface area (Å²) < 4.78 is 38.0. The fourth-order valence-electron chi connectivity index (χ4n) is 1.24. The number of rotatable bonds is 1. The highest BCUT2D eigenvalue weighted by Gasteiger charge is 2.12. The molecule has 0 spiro atoms. The maximum atomic E-state index is 13.0. The molecule has 0 saturated carbocycles. The number of hydrogen-bond acceptors (Lipinski definition) is 2. The van der Waals surface area contributed by atoms with Gasteiger partial charge in [-0.05, 0) is 6.07 Å². The van der Waals surface area contributed by atoms with Crippen molar-refractivity contribution in [2.75, 3.05) is 5.73 Å². The van der Waals surface area contributed by atoms with Gasteiger partial charge in [-0.2, -0.15) is 4.39 Å². The first-order valence-electron chi connectivity index (χ1n) is 3.85. The lowest BCUT2D eigenvalue weighted by molar-refractivity contribution is 0.151. The largest absolute Gasteiger partial charge is 0.395 e. The number of halogens is 3. The smallest absolute Gasteiger partial charge is 0.263 e. The fraction of sp³-hybridized carbons (Fsp3) is 0.111. The highest BCUT2D eigenvalue weighted by atomic mass is 32.1. The molecule has 1 nitrogen and oxygen atoms in total. The van der Waals surface area contributed by atoms with Crippen molar-refractivity contribution in [3.8, 4) is 0 Å². The van der Waals surface area contributed by atoms with Crippen LogP contribution in [0.15, 0.2) is 18.2 Å². The maximum Gasteiger partial charge on any atom is 0.263 e. The Morgan fingerprint density at radius 1 is 1.29 bits per heavy atom. The molecule has 74 valence electrons. The zero-order chi connectivity index (χ0) is 10.3. The lowest BCUT2D eigenvalue weighted by Crippen LogP contribution is -1.85. The van der Waals surface area contributed by atoms with E-state index in [-0.39, 0.29) is 11.3 Å². The Morgan fingerprint density at radius 2 is 2.00 bits per heavy atom. The Hall–Kier alpha value is -1.23. The van der Waals surface area contributed by atoms with Gasteiger partial charge in [0, 0.05) is 15.6 Å². The van der Waals surface area contributed by atoms with E-state index < -0.39 is 11.6 Å². The molecular formula is C9H6F3NS. The van der Waals surface area contributed by atoms with E-state index in [0.717, 1.165) is 11.3 Å². The van der Waals surface area contributed by atoms with Gasteiger partial charge in [0.25, 0.3) is 6.43 Å². The lowest BCUT2D eigenvalue weighted by atomic mass is 10.2. The highest BCUT2D eigenvalue weighted by molar-refractivity contribution is 7.18. The maximum absolute atomic E-state index is 13.0. The third kappa shape index (κ3) is 1.33. The van der Waals surface area contributed by atoms with E-state index in [2.05, 4.69) is 0 Å². The van der Waals surface area contributed by atoms with Crippen molar-refractivity contribution in [3.05, 3.63) is 28.9 Å². The Bertz CT molecular complexity index is 478. The number of nitrogen functional groups attached to an aromatic ring is 1. The second kappa shape index (κ2) is 3.16. The molecule has 5 heteroatoms. The molecule has 2 rings (SSSR count). The third-order valence-corrected chi connectivity index (χ3v) is 2.92. The molecule has 0 saturated heterocycles. The van der Waals surface area contributed by atoms with Crippen LogP contribution in [0.2, 0.25) is 0 Å². The van der Waals surface area contributed by atoms with Crippen LogP contribution in [0, 0.1) is 5.13 Å². The van der Waals surface area contributed by atoms with Crippen molar-refractivity contribution in [2.24, 2.45) is 0 Å². The summed E-state index contributed by atoms with van der Waals surface area (Å²) in [7, 11) is 0. The zero-order valence-corrected chi connectivity index (χ0v) is 7.75. The van der Waals surface area contributed by atoms with Gasteiger partial charge in [-0.1, -0.05) is 12.1 Å². The number of fused-ring (bicyclic) bond motifs is 1. The molecule has 0 aliphatic carbocycles. The topological polar surface area (TPSA) is 26.0 Å². The minimum Gasteiger partial charge on any atom is -0.395 e. The summed E-state index contributed by atoms with van der Waals surface area (Å²) in [6.45, 7) is 0. The van der Waals surface area contributed by atoms with Crippen LogP contribution >= 0.6 is 11.3 Å². The normalized spacial score (nSPS) is 11.4. The molecule has 0 unspecified atom stereocenters. The summed E-state index contributed by atoms with van der Waals surface area (Å²) in [5.74, 6) is 0. The van der Waals surface area contributed by atoms with Crippen LogP contribution in [0.1, 0.15) is 12.0 Å². The second-order valence-electron chi connectivity index (χ2n) is 2.85. The van der Waals surface area contributed by atoms with Gasteiger partial charge in [0.05, 0.1) is 5.69 Å². The van der Waals surface area contributed by atoms with Crippen molar-refractivity contribution in [2.45, 2.75) is 6.43 Å². The van der Waals surface area contributed by atoms with E-state index in [4.69, 9.17) is 5.73 Å². The lowest BCUT2D eigenvalue weighted by Gasteiger charge is -1.98. The Morgan fingerprint density at radius 3 is 2.64 bits per heavy atom. The van der Waals surface area contributed by atoms with Crippen molar-refractivity contribution < 1.29 is 13.2 Å². The second-order valence-corrected chi connectivity index (χ2v) is 3.85. The van der Waals surface area contributed by atoms with Crippen LogP contribution < -0.4 is 5.73 Å². The molecule has 0 bridgehead atoms. The molecule has 0 amide bonds. The summed E-state index contributed by atoms with van der Waals surface area (Å²) in [6.07, 6.45) is -2.54. The standard InChI is InChI=1S/C9H6F3NS/c10-8(11)4-1-2-5-6(3-4)14-9(12)7(5)13/h1-3,8H,13H2. The number of thiophene rings is 1. The molecule has 2 N–H and O–H groups in total. The molecular weight excluding hydrogens is 211 g/mol. The molecule has 1 aromatic carbocycles. The Balaban J connectivity index is 2.67. The van der Waals surface area contributed by atoms with Gasteiger partial charge in [-0.3, -0.25) is 0 Å². The predicted molar refractivity (Wildman–Crippen MR) is 51.2 cm³/mol. The molecule has 1 aromatic heterocycles. The summed E-state index contributed by atoms with van der Waals surface area (Å²) in [5, 5.41) is -0.0247. The quantitative estimate of drug-likeness (QED) is 0.776. The van der Waals surface area contributed by atoms with Crippen LogP contribution in [0.3, 0.4) is 0 Å². The summed E-state index contributed by atoms with van der Waals surface area (Å²) >= 11 is 0.785. The molecule has 0 aliphatic heterocycles. The van der Waals surface area contributed by atoms with Crippen LogP contribution in [0.25, 0.3) is 10.1 Å². The van der Waals surface area contributed by atoms with Crippen molar-refractivity contribution in [3.63, 3.8) is 0 Å². The van der Waals surface area contributed by atoms with E-state index >= 15 is 0 Å². The van der Waals surface area contributed by atoms with Crippen LogP contribution in [0.5, 0.6) is 0 Å². The first-order chi connectivity index (χ1) is 6.59. The van der Waals surface area contributed by atoms with E-state index in [1.165, 1.54) is 18.2 Å². The summed E-state index contributed by atoms with van der Waals surface area (Å²) in [5.41, 5.74) is 5.33. The monoisotopic (exact) mass is 217 g/mol. The summed E-state index contributed by atoms with van der Waals surface area (Å²) in [4.78, 5) is 0. The molecule has 2 aromatic rings. The Labute approximate surface area is 82.0 Å². The minimum atomic E-state index is -2.54. The van der Waals surface area contributed by atoms with Crippen molar-refractivity contribution in [1.29, 1.82) is 0 Å². The van der Waals surface area contributed by atoms with Gasteiger partial charge in [0.15, 0.2) is 0 Å². The van der Waals surface area contributed by atoms with E-state index in [1.54, 1.807) is 0 Å². The van der Waals surface area contributed by atoms with E-state index in [0.29, 0.717) is 10.1 Å². The molecule has 0 aliphatic rings. The van der Waals surface area contributed by atoms with Crippen molar-refractivity contribution >= 4 is 27.1 Å². The Kier molecular flexibility index (Phi) is 2.11. The first-order valence-corrected chi connectivity index (χ1v) is 4.67. The summed E-state index contributed by atoms with van der Waals surface area (Å²) in [6, 6.07) is 3.95. The highest BCUT2D eigenvalue weighted by Crippen LogP contribution is 2.34. The van der Waals surface area contributed by atoms with Gasteiger partial charge in [-0.15, -0.1) is 11.3 Å². The van der Waals surface area contributed by atoms with Gasteiger partial charge in [0.1, 0.15) is 0 Å². The first kappa shape index (κ1) is 9.33. The van der Waals surface area contributed by atoms with Gasteiger partial charge >= 0.3 is 0 Å². The van der Waals surface area contributed by atoms with E-state index in [1.807, 2.05) is 0 Å². The molecule has 0 atom stereocenters. The minimum absolute atomic E-state index is 0.0332. The number of anilines is 1.